The molecule has 0 atom stereocenters. The summed E-state index contributed by atoms with van der Waals surface area (Å²) in [6, 6.07) is 14.0. The molecule has 0 aliphatic carbocycles. The SMILES string of the molecule is CCC(=O)Nc1cc(Cc2cc3ncnc(N4CCNCC4)c3cc2Cl)cc(NC(=O)/C(C=N)=C(/Nc2ccc(OC)cc2)C(F)(F)F)c1. The van der Waals surface area contributed by atoms with Crippen LogP contribution in [0, 0.1) is 5.41 Å². The van der Waals surface area contributed by atoms with Crippen LogP contribution in [0.1, 0.15) is 24.5 Å². The fourth-order valence-corrected chi connectivity index (χ4v) is 5.57. The highest BCUT2D eigenvalue weighted by Gasteiger charge is 2.38. The maximum Gasteiger partial charge on any atom is 0.432 e. The van der Waals surface area contributed by atoms with E-state index in [4.69, 9.17) is 21.7 Å². The van der Waals surface area contributed by atoms with E-state index in [9.17, 15) is 22.8 Å². The quantitative estimate of drug-likeness (QED) is 0.0928. The van der Waals surface area contributed by atoms with Gasteiger partial charge in [-0.25, -0.2) is 9.97 Å². The number of benzene rings is 3. The minimum absolute atomic E-state index is 0.0319. The van der Waals surface area contributed by atoms with Gasteiger partial charge >= 0.3 is 6.18 Å². The Morgan fingerprint density at radius 1 is 1.00 bits per heavy atom. The summed E-state index contributed by atoms with van der Waals surface area (Å²) in [7, 11) is 1.42. The minimum Gasteiger partial charge on any atom is -0.497 e. The Balaban J connectivity index is 1.47. The van der Waals surface area contributed by atoms with E-state index in [2.05, 4.69) is 36.1 Å². The highest BCUT2D eigenvalue weighted by Crippen LogP contribution is 2.33. The average Bonchev–Trinajstić information content (AvgIpc) is 3.08. The first kappa shape index (κ1) is 35.1. The number of alkyl halides is 3. The number of methoxy groups -OCH3 is 1. The summed E-state index contributed by atoms with van der Waals surface area (Å²) in [5.41, 5.74) is 0.0257. The third-order valence-corrected chi connectivity index (χ3v) is 8.10. The molecule has 1 aromatic heterocycles. The molecule has 15 heteroatoms. The van der Waals surface area contributed by atoms with E-state index in [1.807, 2.05) is 12.1 Å². The second-order valence-electron chi connectivity index (χ2n) is 11.1. The zero-order chi connectivity index (χ0) is 35.1. The van der Waals surface area contributed by atoms with Crippen molar-refractivity contribution in [2.75, 3.05) is 54.1 Å². The van der Waals surface area contributed by atoms with E-state index in [-0.39, 0.29) is 30.1 Å². The Hall–Kier alpha value is -5.21. The number of allylic oxidation sites excluding steroid dienone is 1. The van der Waals surface area contributed by atoms with E-state index in [1.54, 1.807) is 19.1 Å². The van der Waals surface area contributed by atoms with Crippen molar-refractivity contribution in [2.45, 2.75) is 25.9 Å². The molecule has 0 radical (unpaired) electrons. The highest BCUT2D eigenvalue weighted by atomic mass is 35.5. The summed E-state index contributed by atoms with van der Waals surface area (Å²) in [5, 5.41) is 19.7. The first-order valence-corrected chi connectivity index (χ1v) is 15.7. The van der Waals surface area contributed by atoms with Gasteiger partial charge in [-0.3, -0.25) is 9.59 Å². The summed E-state index contributed by atoms with van der Waals surface area (Å²) in [6.45, 7) is 4.90. The molecule has 11 nitrogen and oxygen atoms in total. The molecule has 0 spiro atoms. The number of anilines is 4. The Morgan fingerprint density at radius 3 is 2.33 bits per heavy atom. The first-order valence-electron chi connectivity index (χ1n) is 15.4. The molecule has 0 unspecified atom stereocenters. The van der Waals surface area contributed by atoms with E-state index < -0.39 is 23.4 Å². The van der Waals surface area contributed by atoms with Gasteiger partial charge < -0.3 is 36.3 Å². The average molecular weight is 695 g/mol. The molecule has 49 heavy (non-hydrogen) atoms. The van der Waals surface area contributed by atoms with Crippen LogP contribution >= 0.6 is 11.6 Å². The van der Waals surface area contributed by atoms with Gasteiger partial charge in [0.15, 0.2) is 0 Å². The molecule has 4 aromatic rings. The molecule has 1 aliphatic heterocycles. The van der Waals surface area contributed by atoms with E-state index in [0.717, 1.165) is 37.4 Å². The summed E-state index contributed by atoms with van der Waals surface area (Å²) >= 11 is 6.78. The first-order chi connectivity index (χ1) is 23.5. The maximum atomic E-state index is 14.2. The molecular formula is C34H34ClF3N8O3. The third kappa shape index (κ3) is 8.64. The van der Waals surface area contributed by atoms with Crippen LogP contribution in [0.3, 0.4) is 0 Å². The summed E-state index contributed by atoms with van der Waals surface area (Å²) < 4.78 is 47.7. The molecule has 2 amide bonds. The van der Waals surface area contributed by atoms with Gasteiger partial charge in [0.25, 0.3) is 5.91 Å². The van der Waals surface area contributed by atoms with Gasteiger partial charge in [0.05, 0.1) is 18.2 Å². The van der Waals surface area contributed by atoms with Gasteiger partial charge in [-0.05, 0) is 72.1 Å². The second kappa shape index (κ2) is 15.3. The number of hydrogen-bond donors (Lipinski definition) is 5. The number of nitrogens with one attached hydrogen (secondary N) is 5. The zero-order valence-electron chi connectivity index (χ0n) is 26.7. The highest BCUT2D eigenvalue weighted by molar-refractivity contribution is 6.32. The number of halogens is 4. The van der Waals surface area contributed by atoms with Crippen LogP contribution in [0.2, 0.25) is 5.02 Å². The summed E-state index contributed by atoms with van der Waals surface area (Å²) in [4.78, 5) is 36.7. The molecule has 0 saturated carbocycles. The largest absolute Gasteiger partial charge is 0.497 e. The van der Waals surface area contributed by atoms with Crippen molar-refractivity contribution in [1.29, 1.82) is 5.41 Å². The lowest BCUT2D eigenvalue weighted by atomic mass is 10.0. The van der Waals surface area contributed by atoms with Crippen molar-refractivity contribution in [3.05, 3.63) is 88.3 Å². The molecule has 2 heterocycles. The van der Waals surface area contributed by atoms with E-state index in [0.29, 0.717) is 39.3 Å². The monoisotopic (exact) mass is 694 g/mol. The number of carbonyl (C=O) groups is 2. The zero-order valence-corrected chi connectivity index (χ0v) is 27.4. The van der Waals surface area contributed by atoms with Crippen molar-refractivity contribution in [3.8, 4) is 5.75 Å². The Kier molecular flexibility index (Phi) is 11.0. The molecular weight excluding hydrogens is 661 g/mol. The van der Waals surface area contributed by atoms with Crippen LogP contribution in [0.4, 0.5) is 36.1 Å². The van der Waals surface area contributed by atoms with E-state index in [1.165, 1.54) is 43.8 Å². The van der Waals surface area contributed by atoms with Crippen LogP contribution in [-0.4, -0.2) is 67.5 Å². The van der Waals surface area contributed by atoms with Crippen LogP contribution < -0.4 is 30.9 Å². The minimum atomic E-state index is -5.01. The van der Waals surface area contributed by atoms with Crippen LogP contribution in [0.25, 0.3) is 10.9 Å². The number of fused-ring (bicyclic) bond motifs is 1. The molecule has 1 fully saturated rings. The number of ether oxygens (including phenoxy) is 1. The second-order valence-corrected chi connectivity index (χ2v) is 11.5. The van der Waals surface area contributed by atoms with E-state index >= 15 is 0 Å². The van der Waals surface area contributed by atoms with Crippen molar-refractivity contribution >= 4 is 63.4 Å². The van der Waals surface area contributed by atoms with Gasteiger partial charge in [0.1, 0.15) is 23.6 Å². The van der Waals surface area contributed by atoms with Gasteiger partial charge in [-0.15, -0.1) is 0 Å². The lowest BCUT2D eigenvalue weighted by molar-refractivity contribution is -0.116. The summed E-state index contributed by atoms with van der Waals surface area (Å²) in [6.07, 6.45) is -2.76. The molecule has 1 aliphatic rings. The smallest absolute Gasteiger partial charge is 0.432 e. The molecule has 0 bridgehead atoms. The van der Waals surface area contributed by atoms with Crippen LogP contribution in [0.15, 0.2) is 72.2 Å². The molecule has 256 valence electrons. The molecule has 3 aromatic carbocycles. The van der Waals surface area contributed by atoms with Crippen LogP contribution in [0.5, 0.6) is 5.75 Å². The standard InChI is InChI=1S/C34H34ClF3N8O3/c1-3-30(47)43-23-13-20(12-21-15-29-26(17-28(21)35)32(42-19-41-29)46-10-8-40-9-11-46)14-24(16-23)45-33(48)27(18-39)31(34(36,37)38)44-22-4-6-25(49-2)7-5-22/h4-7,13-19,39-40,44H,3,8-12H2,1-2H3,(H,43,47)(H,45,48)/b31-27+,39-18?. The normalized spacial score (nSPS) is 13.8. The van der Waals surface area contributed by atoms with Crippen molar-refractivity contribution < 1.29 is 27.5 Å². The number of aromatic nitrogens is 2. The predicted octanol–water partition coefficient (Wildman–Crippen LogP) is 6.16. The van der Waals surface area contributed by atoms with Gasteiger partial charge in [-0.2, -0.15) is 13.2 Å². The van der Waals surface area contributed by atoms with Crippen LogP contribution in [-0.2, 0) is 16.0 Å². The number of carbonyl (C=O) groups excluding carboxylic acids is 2. The Morgan fingerprint density at radius 2 is 1.69 bits per heavy atom. The van der Waals surface area contributed by atoms with Gasteiger partial charge in [0.2, 0.25) is 5.91 Å². The fraction of sp³-hybridized carbons (Fsp3) is 0.265. The molecule has 5 rings (SSSR count). The number of nitrogens with zero attached hydrogens (tertiary/aromatic N) is 3. The number of piperazine rings is 1. The topological polar surface area (TPSA) is 144 Å². The van der Waals surface area contributed by atoms with Gasteiger partial charge in [-0.1, -0.05) is 18.5 Å². The maximum absolute atomic E-state index is 14.2. The predicted molar refractivity (Wildman–Crippen MR) is 185 cm³/mol. The lowest BCUT2D eigenvalue weighted by Gasteiger charge is -2.29. The van der Waals surface area contributed by atoms with Crippen molar-refractivity contribution in [2.24, 2.45) is 0 Å². The Bertz CT molecular complexity index is 1890. The Labute approximate surface area is 285 Å². The molecule has 1 saturated heterocycles. The number of amides is 2. The van der Waals surface area contributed by atoms with Crippen molar-refractivity contribution in [3.63, 3.8) is 0 Å². The number of hydrogen-bond acceptors (Lipinski definition) is 9. The summed E-state index contributed by atoms with van der Waals surface area (Å²) in [5.74, 6) is -0.284. The lowest BCUT2D eigenvalue weighted by Crippen LogP contribution is -2.44. The fourth-order valence-electron chi connectivity index (χ4n) is 5.34. The third-order valence-electron chi connectivity index (χ3n) is 7.75. The number of rotatable bonds is 11. The van der Waals surface area contributed by atoms with Gasteiger partial charge in [0, 0.05) is 66.3 Å². The van der Waals surface area contributed by atoms with Crippen molar-refractivity contribution in [1.82, 2.24) is 15.3 Å². The molecule has 5 N–H and O–H groups in total.